The van der Waals surface area contributed by atoms with Crippen LogP contribution in [-0.4, -0.2) is 50.0 Å². The Balaban J connectivity index is 1.61. The fourth-order valence-corrected chi connectivity index (χ4v) is 2.92. The first-order valence-corrected chi connectivity index (χ1v) is 8.16. The molecule has 0 saturated carbocycles. The fourth-order valence-electron chi connectivity index (χ4n) is 2.92. The molecular weight excluding hydrogens is 318 g/mol. The van der Waals surface area contributed by atoms with Gasteiger partial charge in [0.15, 0.2) is 0 Å². The third-order valence-electron chi connectivity index (χ3n) is 4.42. The number of hydrogen-bond acceptors (Lipinski definition) is 4. The molecule has 0 radical (unpaired) electrons. The van der Waals surface area contributed by atoms with Crippen LogP contribution in [0.5, 0.6) is 5.75 Å². The lowest BCUT2D eigenvalue weighted by Gasteiger charge is -2.36. The Morgan fingerprint density at radius 2 is 1.44 bits per heavy atom. The van der Waals surface area contributed by atoms with Crippen molar-refractivity contribution in [2.24, 2.45) is 5.73 Å². The number of anilines is 1. The number of carbonyl (C=O) groups is 2. The maximum atomic E-state index is 12.6. The minimum Gasteiger partial charge on any atom is -0.497 e. The van der Waals surface area contributed by atoms with Gasteiger partial charge in [-0.1, -0.05) is 0 Å². The van der Waals surface area contributed by atoms with Gasteiger partial charge in [-0.15, -0.1) is 0 Å². The first kappa shape index (κ1) is 16.8. The van der Waals surface area contributed by atoms with Crippen LogP contribution in [0.2, 0.25) is 0 Å². The Bertz CT molecular complexity index is 748. The van der Waals surface area contributed by atoms with Gasteiger partial charge in [-0.05, 0) is 48.5 Å². The smallest absolute Gasteiger partial charge is 0.253 e. The summed E-state index contributed by atoms with van der Waals surface area (Å²) >= 11 is 0. The van der Waals surface area contributed by atoms with E-state index in [4.69, 9.17) is 10.5 Å². The Labute approximate surface area is 146 Å². The van der Waals surface area contributed by atoms with Gasteiger partial charge in [-0.2, -0.15) is 0 Å². The van der Waals surface area contributed by atoms with Crippen LogP contribution in [0, 0.1) is 0 Å². The second kappa shape index (κ2) is 7.25. The van der Waals surface area contributed by atoms with E-state index in [9.17, 15) is 9.59 Å². The summed E-state index contributed by atoms with van der Waals surface area (Å²) in [6, 6.07) is 14.4. The van der Waals surface area contributed by atoms with Crippen LogP contribution in [0.1, 0.15) is 20.7 Å². The zero-order chi connectivity index (χ0) is 17.8. The number of methoxy groups -OCH3 is 1. The van der Waals surface area contributed by atoms with E-state index < -0.39 is 5.91 Å². The summed E-state index contributed by atoms with van der Waals surface area (Å²) < 4.78 is 5.18. The van der Waals surface area contributed by atoms with Crippen molar-refractivity contribution in [3.8, 4) is 5.75 Å². The molecule has 2 amide bonds. The zero-order valence-electron chi connectivity index (χ0n) is 14.1. The minimum absolute atomic E-state index is 0.0228. The molecule has 0 unspecified atom stereocenters. The van der Waals surface area contributed by atoms with Crippen LogP contribution in [0.4, 0.5) is 5.69 Å². The van der Waals surface area contributed by atoms with Crippen molar-refractivity contribution >= 4 is 17.5 Å². The van der Waals surface area contributed by atoms with Crippen LogP contribution in [0.25, 0.3) is 0 Å². The van der Waals surface area contributed by atoms with Gasteiger partial charge in [-0.25, -0.2) is 0 Å². The summed E-state index contributed by atoms with van der Waals surface area (Å²) in [6.45, 7) is 2.86. The Hall–Kier alpha value is -3.02. The van der Waals surface area contributed by atoms with Crippen molar-refractivity contribution in [3.63, 3.8) is 0 Å². The maximum absolute atomic E-state index is 12.6. The Kier molecular flexibility index (Phi) is 4.88. The molecule has 0 atom stereocenters. The minimum atomic E-state index is -0.493. The van der Waals surface area contributed by atoms with Crippen LogP contribution < -0.4 is 15.4 Å². The fraction of sp³-hybridized carbons (Fsp3) is 0.263. The number of primary amides is 1. The molecule has 6 nitrogen and oxygen atoms in total. The lowest BCUT2D eigenvalue weighted by atomic mass is 10.1. The second-order valence-corrected chi connectivity index (χ2v) is 5.92. The van der Waals surface area contributed by atoms with E-state index >= 15 is 0 Å². The number of amides is 2. The molecule has 1 heterocycles. The molecule has 3 rings (SSSR count). The third kappa shape index (κ3) is 3.74. The number of benzene rings is 2. The molecule has 0 bridgehead atoms. The normalized spacial score (nSPS) is 14.3. The van der Waals surface area contributed by atoms with E-state index in [1.54, 1.807) is 31.4 Å². The molecular formula is C19H21N3O3. The summed E-state index contributed by atoms with van der Waals surface area (Å²) in [5.41, 5.74) is 7.32. The SMILES string of the molecule is COc1ccc(N2CCN(C(=O)c3ccc(C(N)=O)cc3)CC2)cc1. The number of rotatable bonds is 4. The van der Waals surface area contributed by atoms with Gasteiger partial charge >= 0.3 is 0 Å². The number of carbonyl (C=O) groups excluding carboxylic acids is 2. The molecule has 1 saturated heterocycles. The molecule has 1 aliphatic heterocycles. The number of nitrogens with zero attached hydrogens (tertiary/aromatic N) is 2. The summed E-state index contributed by atoms with van der Waals surface area (Å²) in [5.74, 6) is 0.314. The molecule has 1 fully saturated rings. The third-order valence-corrected chi connectivity index (χ3v) is 4.42. The van der Waals surface area contributed by atoms with Crippen molar-refractivity contribution in [1.82, 2.24) is 4.90 Å². The summed E-state index contributed by atoms with van der Waals surface area (Å²) in [7, 11) is 1.65. The summed E-state index contributed by atoms with van der Waals surface area (Å²) in [6.07, 6.45) is 0. The quantitative estimate of drug-likeness (QED) is 0.921. The van der Waals surface area contributed by atoms with Crippen LogP contribution in [0.3, 0.4) is 0 Å². The molecule has 0 spiro atoms. The highest BCUT2D eigenvalue weighted by atomic mass is 16.5. The highest BCUT2D eigenvalue weighted by molar-refractivity contribution is 5.97. The predicted octanol–water partition coefficient (Wildman–Crippen LogP) is 1.76. The number of ether oxygens (including phenoxy) is 1. The number of piperazine rings is 1. The second-order valence-electron chi connectivity index (χ2n) is 5.92. The van der Waals surface area contributed by atoms with Crippen LogP contribution in [0.15, 0.2) is 48.5 Å². The summed E-state index contributed by atoms with van der Waals surface area (Å²) in [4.78, 5) is 27.8. The Morgan fingerprint density at radius 3 is 1.96 bits per heavy atom. The number of hydrogen-bond donors (Lipinski definition) is 1. The van der Waals surface area contributed by atoms with E-state index in [0.29, 0.717) is 24.2 Å². The molecule has 130 valence electrons. The average Bonchev–Trinajstić information content (AvgIpc) is 2.67. The van der Waals surface area contributed by atoms with Crippen molar-refractivity contribution in [2.75, 3.05) is 38.2 Å². The van der Waals surface area contributed by atoms with Gasteiger partial charge in [0.2, 0.25) is 5.91 Å². The predicted molar refractivity (Wildman–Crippen MR) is 96.1 cm³/mol. The van der Waals surface area contributed by atoms with Gasteiger partial charge in [0, 0.05) is 43.0 Å². The Morgan fingerprint density at radius 1 is 0.880 bits per heavy atom. The van der Waals surface area contributed by atoms with Gasteiger partial charge in [0.05, 0.1) is 7.11 Å². The van der Waals surface area contributed by atoms with Gasteiger partial charge < -0.3 is 20.3 Å². The van der Waals surface area contributed by atoms with Gasteiger partial charge in [-0.3, -0.25) is 9.59 Å². The maximum Gasteiger partial charge on any atom is 0.253 e. The standard InChI is InChI=1S/C19H21N3O3/c1-25-17-8-6-16(7-9-17)21-10-12-22(13-11-21)19(24)15-4-2-14(3-5-15)18(20)23/h2-9H,10-13H2,1H3,(H2,20,23). The van der Waals surface area contributed by atoms with E-state index in [1.165, 1.54) is 0 Å². The van der Waals surface area contributed by atoms with Gasteiger partial charge in [0.1, 0.15) is 5.75 Å². The highest BCUT2D eigenvalue weighted by Crippen LogP contribution is 2.21. The highest BCUT2D eigenvalue weighted by Gasteiger charge is 2.22. The molecule has 0 aliphatic carbocycles. The monoisotopic (exact) mass is 339 g/mol. The molecule has 2 aromatic rings. The topological polar surface area (TPSA) is 75.9 Å². The van der Waals surface area contributed by atoms with E-state index in [-0.39, 0.29) is 5.91 Å². The molecule has 1 aliphatic rings. The van der Waals surface area contributed by atoms with E-state index in [1.807, 2.05) is 29.2 Å². The molecule has 2 N–H and O–H groups in total. The van der Waals surface area contributed by atoms with Crippen molar-refractivity contribution in [3.05, 3.63) is 59.7 Å². The first-order chi connectivity index (χ1) is 12.1. The van der Waals surface area contributed by atoms with Crippen molar-refractivity contribution in [1.29, 1.82) is 0 Å². The van der Waals surface area contributed by atoms with Crippen molar-refractivity contribution < 1.29 is 14.3 Å². The lowest BCUT2D eigenvalue weighted by Crippen LogP contribution is -2.48. The lowest BCUT2D eigenvalue weighted by molar-refractivity contribution is 0.0746. The first-order valence-electron chi connectivity index (χ1n) is 8.16. The van der Waals surface area contributed by atoms with Crippen LogP contribution >= 0.6 is 0 Å². The largest absolute Gasteiger partial charge is 0.497 e. The molecule has 6 heteroatoms. The molecule has 25 heavy (non-hydrogen) atoms. The van der Waals surface area contributed by atoms with Gasteiger partial charge in [0.25, 0.3) is 5.91 Å². The zero-order valence-corrected chi connectivity index (χ0v) is 14.1. The van der Waals surface area contributed by atoms with Crippen LogP contribution in [-0.2, 0) is 0 Å². The van der Waals surface area contributed by atoms with E-state index in [0.717, 1.165) is 24.5 Å². The average molecular weight is 339 g/mol. The number of nitrogens with two attached hydrogens (primary N) is 1. The van der Waals surface area contributed by atoms with E-state index in [2.05, 4.69) is 4.90 Å². The summed E-state index contributed by atoms with van der Waals surface area (Å²) in [5, 5.41) is 0. The van der Waals surface area contributed by atoms with Crippen molar-refractivity contribution in [2.45, 2.75) is 0 Å². The molecule has 0 aromatic heterocycles. The molecule has 2 aromatic carbocycles.